The standard InChI is InChI=1S/C14H11N3O/c18-14-15-13(16-17-14)12-9-5-4-8-11(12)10-6-2-1-3-7-10/h1-9H,(H2,15,16,17,18). The Hall–Kier alpha value is -2.62. The van der Waals surface area contributed by atoms with Gasteiger partial charge in [0.2, 0.25) is 0 Å². The highest BCUT2D eigenvalue weighted by Crippen LogP contribution is 2.28. The lowest BCUT2D eigenvalue weighted by atomic mass is 9.99. The highest BCUT2D eigenvalue weighted by Gasteiger charge is 2.09. The van der Waals surface area contributed by atoms with Crippen molar-refractivity contribution in [3.63, 3.8) is 0 Å². The molecule has 0 bridgehead atoms. The molecular weight excluding hydrogens is 226 g/mol. The number of benzene rings is 2. The van der Waals surface area contributed by atoms with E-state index in [2.05, 4.69) is 15.2 Å². The topological polar surface area (TPSA) is 61.5 Å². The quantitative estimate of drug-likeness (QED) is 0.719. The summed E-state index contributed by atoms with van der Waals surface area (Å²) < 4.78 is 0. The van der Waals surface area contributed by atoms with Gasteiger partial charge in [-0.05, 0) is 11.1 Å². The van der Waals surface area contributed by atoms with Crippen molar-refractivity contribution in [3.05, 3.63) is 65.1 Å². The van der Waals surface area contributed by atoms with E-state index in [0.717, 1.165) is 16.7 Å². The average Bonchev–Trinajstić information content (AvgIpc) is 2.86. The molecule has 0 amide bonds. The number of hydrogen-bond acceptors (Lipinski definition) is 2. The van der Waals surface area contributed by atoms with Crippen molar-refractivity contribution < 1.29 is 0 Å². The Labute approximate surface area is 103 Å². The van der Waals surface area contributed by atoms with Gasteiger partial charge in [0.25, 0.3) is 0 Å². The third-order valence-electron chi connectivity index (χ3n) is 2.77. The Bertz CT molecular complexity index is 713. The van der Waals surface area contributed by atoms with Gasteiger partial charge in [-0.2, -0.15) is 5.10 Å². The summed E-state index contributed by atoms with van der Waals surface area (Å²) in [7, 11) is 0. The zero-order valence-electron chi connectivity index (χ0n) is 9.55. The summed E-state index contributed by atoms with van der Waals surface area (Å²) in [6, 6.07) is 17.9. The molecule has 4 heteroatoms. The van der Waals surface area contributed by atoms with Crippen LogP contribution in [-0.2, 0) is 0 Å². The van der Waals surface area contributed by atoms with Crippen LogP contribution in [0.15, 0.2) is 59.4 Å². The zero-order chi connectivity index (χ0) is 12.4. The number of aromatic amines is 2. The van der Waals surface area contributed by atoms with Crippen molar-refractivity contribution in [2.45, 2.75) is 0 Å². The molecule has 2 N–H and O–H groups in total. The van der Waals surface area contributed by atoms with E-state index in [1.54, 1.807) is 0 Å². The second-order valence-corrected chi connectivity index (χ2v) is 3.94. The van der Waals surface area contributed by atoms with Gasteiger partial charge in [0, 0.05) is 5.56 Å². The molecule has 0 saturated carbocycles. The molecule has 0 atom stereocenters. The van der Waals surface area contributed by atoms with Crippen molar-refractivity contribution in [1.29, 1.82) is 0 Å². The minimum absolute atomic E-state index is 0.298. The molecule has 3 rings (SSSR count). The molecule has 4 nitrogen and oxygen atoms in total. The van der Waals surface area contributed by atoms with Gasteiger partial charge in [0.05, 0.1) is 0 Å². The van der Waals surface area contributed by atoms with Crippen molar-refractivity contribution in [1.82, 2.24) is 15.2 Å². The molecule has 1 aromatic heterocycles. The smallest absolute Gasteiger partial charge is 0.289 e. The Kier molecular flexibility index (Phi) is 2.53. The monoisotopic (exact) mass is 237 g/mol. The van der Waals surface area contributed by atoms with Crippen LogP contribution >= 0.6 is 0 Å². The molecule has 0 saturated heterocycles. The fourth-order valence-corrected chi connectivity index (χ4v) is 1.96. The van der Waals surface area contributed by atoms with Gasteiger partial charge in [0.1, 0.15) is 0 Å². The van der Waals surface area contributed by atoms with Gasteiger partial charge in [-0.25, -0.2) is 9.89 Å². The molecule has 0 spiro atoms. The van der Waals surface area contributed by atoms with E-state index in [1.165, 1.54) is 0 Å². The molecule has 3 aromatic rings. The lowest BCUT2D eigenvalue weighted by Gasteiger charge is -2.06. The van der Waals surface area contributed by atoms with E-state index in [9.17, 15) is 4.79 Å². The van der Waals surface area contributed by atoms with Gasteiger partial charge in [0.15, 0.2) is 5.82 Å². The normalized spacial score (nSPS) is 10.4. The number of hydrogen-bond donors (Lipinski definition) is 2. The maximum absolute atomic E-state index is 11.1. The van der Waals surface area contributed by atoms with Gasteiger partial charge in [-0.3, -0.25) is 4.98 Å². The first-order chi connectivity index (χ1) is 8.84. The van der Waals surface area contributed by atoms with Crippen LogP contribution < -0.4 is 5.69 Å². The molecule has 88 valence electrons. The predicted octanol–water partition coefficient (Wildman–Crippen LogP) is 2.43. The average molecular weight is 237 g/mol. The number of nitrogens with zero attached hydrogens (tertiary/aromatic N) is 1. The number of aromatic nitrogens is 3. The molecule has 1 heterocycles. The van der Waals surface area contributed by atoms with Crippen LogP contribution in [0.2, 0.25) is 0 Å². The summed E-state index contributed by atoms with van der Waals surface area (Å²) in [5.74, 6) is 0.555. The highest BCUT2D eigenvalue weighted by molar-refractivity contribution is 5.80. The molecule has 0 fully saturated rings. The van der Waals surface area contributed by atoms with E-state index < -0.39 is 0 Å². The van der Waals surface area contributed by atoms with E-state index in [1.807, 2.05) is 54.6 Å². The predicted molar refractivity (Wildman–Crippen MR) is 70.1 cm³/mol. The minimum atomic E-state index is -0.298. The fourth-order valence-electron chi connectivity index (χ4n) is 1.96. The van der Waals surface area contributed by atoms with Crippen molar-refractivity contribution in [3.8, 4) is 22.5 Å². The lowest BCUT2D eigenvalue weighted by Crippen LogP contribution is -2.00. The Morgan fingerprint density at radius 2 is 1.50 bits per heavy atom. The van der Waals surface area contributed by atoms with Crippen LogP contribution in [0.1, 0.15) is 0 Å². The molecule has 0 aliphatic rings. The first-order valence-electron chi connectivity index (χ1n) is 5.64. The summed E-state index contributed by atoms with van der Waals surface area (Å²) in [6.45, 7) is 0. The number of H-pyrrole nitrogens is 2. The van der Waals surface area contributed by atoms with Crippen LogP contribution in [0.5, 0.6) is 0 Å². The van der Waals surface area contributed by atoms with E-state index in [4.69, 9.17) is 0 Å². The molecular formula is C14H11N3O. The first-order valence-corrected chi connectivity index (χ1v) is 5.64. The number of nitrogens with one attached hydrogen (secondary N) is 2. The van der Waals surface area contributed by atoms with Gasteiger partial charge in [-0.1, -0.05) is 54.6 Å². The Morgan fingerprint density at radius 1 is 0.833 bits per heavy atom. The van der Waals surface area contributed by atoms with E-state index in [-0.39, 0.29) is 5.69 Å². The second-order valence-electron chi connectivity index (χ2n) is 3.94. The summed E-state index contributed by atoms with van der Waals surface area (Å²) in [5, 5.41) is 6.36. The van der Waals surface area contributed by atoms with Crippen LogP contribution in [-0.4, -0.2) is 15.2 Å². The van der Waals surface area contributed by atoms with Crippen molar-refractivity contribution in [2.24, 2.45) is 0 Å². The van der Waals surface area contributed by atoms with Crippen LogP contribution in [0.25, 0.3) is 22.5 Å². The molecule has 0 unspecified atom stereocenters. The molecule has 2 aromatic carbocycles. The van der Waals surface area contributed by atoms with Gasteiger partial charge >= 0.3 is 5.69 Å². The molecule has 0 radical (unpaired) electrons. The molecule has 0 aliphatic carbocycles. The zero-order valence-corrected chi connectivity index (χ0v) is 9.55. The first kappa shape index (κ1) is 10.5. The maximum Gasteiger partial charge on any atom is 0.340 e. The van der Waals surface area contributed by atoms with Crippen molar-refractivity contribution in [2.75, 3.05) is 0 Å². The Morgan fingerprint density at radius 3 is 2.17 bits per heavy atom. The third-order valence-corrected chi connectivity index (χ3v) is 2.77. The number of rotatable bonds is 2. The largest absolute Gasteiger partial charge is 0.340 e. The van der Waals surface area contributed by atoms with Crippen molar-refractivity contribution >= 4 is 0 Å². The van der Waals surface area contributed by atoms with Gasteiger partial charge in [-0.15, -0.1) is 0 Å². The lowest BCUT2D eigenvalue weighted by molar-refractivity contribution is 1.05. The molecule has 18 heavy (non-hydrogen) atoms. The third kappa shape index (κ3) is 1.84. The SMILES string of the molecule is O=c1[nH]nc(-c2ccccc2-c2ccccc2)[nH]1. The summed E-state index contributed by atoms with van der Waals surface area (Å²) in [6.07, 6.45) is 0. The van der Waals surface area contributed by atoms with Gasteiger partial charge < -0.3 is 0 Å². The molecule has 0 aliphatic heterocycles. The fraction of sp³-hybridized carbons (Fsp3) is 0. The Balaban J connectivity index is 2.20. The second kappa shape index (κ2) is 4.33. The summed E-state index contributed by atoms with van der Waals surface area (Å²) >= 11 is 0. The summed E-state index contributed by atoms with van der Waals surface area (Å²) in [5.41, 5.74) is 2.74. The van der Waals surface area contributed by atoms with E-state index in [0.29, 0.717) is 5.82 Å². The minimum Gasteiger partial charge on any atom is -0.289 e. The summed E-state index contributed by atoms with van der Waals surface area (Å²) in [4.78, 5) is 13.8. The maximum atomic E-state index is 11.1. The van der Waals surface area contributed by atoms with Crippen LogP contribution in [0, 0.1) is 0 Å². The van der Waals surface area contributed by atoms with Crippen LogP contribution in [0.4, 0.5) is 0 Å². The highest BCUT2D eigenvalue weighted by atomic mass is 16.1. The van der Waals surface area contributed by atoms with E-state index >= 15 is 0 Å². The van der Waals surface area contributed by atoms with Crippen LogP contribution in [0.3, 0.4) is 0 Å².